The fraction of sp³-hybridized carbons (Fsp3) is 0.488. The Labute approximate surface area is 363 Å². The second-order valence-corrected chi connectivity index (χ2v) is 22.2. The summed E-state index contributed by atoms with van der Waals surface area (Å²) in [5, 5.41) is 0.110. The molecular formula is C43H54ClN11O4S2. The molecule has 6 heterocycles. The maximum atomic E-state index is 12.4. The molecule has 0 N–H and O–H groups in total. The molecule has 3 aromatic heterocycles. The van der Waals surface area contributed by atoms with Crippen LogP contribution in [0.3, 0.4) is 0 Å². The van der Waals surface area contributed by atoms with Crippen molar-refractivity contribution < 1.29 is 17.9 Å². The Bertz CT molecular complexity index is 2690. The van der Waals surface area contributed by atoms with Crippen LogP contribution in [-0.2, 0) is 35.4 Å². The van der Waals surface area contributed by atoms with E-state index in [1.54, 1.807) is 31.1 Å². The predicted molar refractivity (Wildman–Crippen MR) is 245 cm³/mol. The zero-order valence-electron chi connectivity index (χ0n) is 35.6. The molecule has 2 saturated carbocycles. The number of hydrogen-bond acceptors (Lipinski definition) is 14. The maximum Gasteiger partial charge on any atom is 0.239 e. The third-order valence-corrected chi connectivity index (χ3v) is 12.1. The average Bonchev–Trinajstić information content (AvgIpc) is 4.15. The van der Waals surface area contributed by atoms with Crippen LogP contribution in [0.4, 0.5) is 29.0 Å². The third-order valence-electron chi connectivity index (χ3n) is 10.7. The van der Waals surface area contributed by atoms with E-state index >= 15 is 0 Å². The molecule has 0 amide bonds. The van der Waals surface area contributed by atoms with Crippen molar-refractivity contribution in [2.24, 2.45) is 19.6 Å². The zero-order chi connectivity index (χ0) is 42.9. The van der Waals surface area contributed by atoms with Crippen molar-refractivity contribution in [3.05, 3.63) is 77.3 Å². The molecule has 2 atom stereocenters. The van der Waals surface area contributed by atoms with Crippen LogP contribution in [0, 0.1) is 5.92 Å². The van der Waals surface area contributed by atoms with Crippen LogP contribution < -0.4 is 9.80 Å². The molecule has 5 aromatic rings. The molecule has 0 unspecified atom stereocenters. The lowest BCUT2D eigenvalue weighted by atomic mass is 10.1. The fourth-order valence-corrected chi connectivity index (χ4v) is 8.82. The van der Waals surface area contributed by atoms with Gasteiger partial charge in [-0.05, 0) is 80.8 Å². The Kier molecular flexibility index (Phi) is 12.8. The number of para-hydroxylation sites is 3. The molecule has 2 aromatic carbocycles. The molecule has 0 radical (unpaired) electrons. The van der Waals surface area contributed by atoms with E-state index in [2.05, 4.69) is 71.6 Å². The van der Waals surface area contributed by atoms with E-state index in [0.29, 0.717) is 55.7 Å². The number of nitrogens with zero attached hydrogens (tertiary/aromatic N) is 11. The standard InChI is InChI=1S/C21H26N6O2S.C11H17ClN4O2S.C11H11N/c1-14-13-29-11-10-26(14)19-12-18(25-30(2,3)28)23-21(24-19)27-17-7-5-4-6-16(17)22-20(27)15-8-9-15;1-8-7-18-5-4-16(8)10-6-9(13-11(12)14-10)15-19(2,3)17;1-2-4-10-9(3-1)7-11(12-10)8-5-6-8/h4-7,12,14-15H,8-11,13H2,1-3H3;6,8H,4-5,7H2,1-3H3;1-4,8H,5-7H2/t14-;8-;/m11./s1. The molecule has 4 fully saturated rings. The number of ether oxygens (including phenoxy) is 2. The quantitative estimate of drug-likeness (QED) is 0.147. The minimum Gasteiger partial charge on any atom is -0.377 e. The normalized spacial score (nSPS) is 20.2. The number of hydrogen-bond donors (Lipinski definition) is 0. The van der Waals surface area contributed by atoms with E-state index in [-0.39, 0.29) is 17.4 Å². The van der Waals surface area contributed by atoms with Crippen LogP contribution in [0.2, 0.25) is 5.28 Å². The topological polar surface area (TPSA) is 166 Å². The minimum absolute atomic E-state index is 0.110. The number of rotatable bonds is 7. The van der Waals surface area contributed by atoms with Crippen molar-refractivity contribution in [1.29, 1.82) is 0 Å². The summed E-state index contributed by atoms with van der Waals surface area (Å²) in [5.74, 6) is 5.03. The van der Waals surface area contributed by atoms with E-state index in [1.165, 1.54) is 29.8 Å². The molecule has 10 rings (SSSR count). The molecule has 2 saturated heterocycles. The van der Waals surface area contributed by atoms with E-state index in [4.69, 9.17) is 36.0 Å². The van der Waals surface area contributed by atoms with Gasteiger partial charge in [-0.25, -0.2) is 18.4 Å². The number of benzene rings is 2. The first kappa shape index (κ1) is 43.1. The fourth-order valence-electron chi connectivity index (χ4n) is 7.56. The minimum atomic E-state index is -2.36. The van der Waals surface area contributed by atoms with Crippen molar-refractivity contribution in [2.75, 3.05) is 74.3 Å². The molecular weight excluding hydrogens is 834 g/mol. The molecule has 61 heavy (non-hydrogen) atoms. The van der Waals surface area contributed by atoms with E-state index in [0.717, 1.165) is 60.9 Å². The van der Waals surface area contributed by atoms with E-state index in [9.17, 15) is 8.42 Å². The summed E-state index contributed by atoms with van der Waals surface area (Å²) >= 11 is 5.91. The summed E-state index contributed by atoms with van der Waals surface area (Å²) < 4.78 is 45.6. The lowest BCUT2D eigenvalue weighted by Gasteiger charge is -2.34. The monoisotopic (exact) mass is 887 g/mol. The largest absolute Gasteiger partial charge is 0.377 e. The van der Waals surface area contributed by atoms with Gasteiger partial charge in [-0.3, -0.25) is 9.56 Å². The number of fused-ring (bicyclic) bond motifs is 2. The molecule has 2 aliphatic carbocycles. The molecule has 3 aliphatic heterocycles. The first-order chi connectivity index (χ1) is 29.2. The Morgan fingerprint density at radius 3 is 1.87 bits per heavy atom. The second kappa shape index (κ2) is 18.0. The van der Waals surface area contributed by atoms with Gasteiger partial charge in [0.2, 0.25) is 11.2 Å². The smallest absolute Gasteiger partial charge is 0.239 e. The van der Waals surface area contributed by atoms with Crippen molar-refractivity contribution in [3.63, 3.8) is 0 Å². The van der Waals surface area contributed by atoms with Crippen molar-refractivity contribution in [2.45, 2.75) is 64.0 Å². The van der Waals surface area contributed by atoms with Gasteiger partial charge in [-0.1, -0.05) is 30.3 Å². The summed E-state index contributed by atoms with van der Waals surface area (Å²) in [6, 6.07) is 20.5. The van der Waals surface area contributed by atoms with Crippen LogP contribution in [0.15, 0.2) is 74.4 Å². The highest BCUT2D eigenvalue weighted by Crippen LogP contribution is 2.42. The van der Waals surface area contributed by atoms with Crippen molar-refractivity contribution in [1.82, 2.24) is 29.5 Å². The molecule has 15 nitrogen and oxygen atoms in total. The molecule has 18 heteroatoms. The summed E-state index contributed by atoms with van der Waals surface area (Å²) in [4.78, 5) is 31.6. The van der Waals surface area contributed by atoms with Crippen LogP contribution in [0.25, 0.3) is 17.0 Å². The maximum absolute atomic E-state index is 12.4. The first-order valence-corrected chi connectivity index (χ1v) is 25.8. The van der Waals surface area contributed by atoms with Gasteiger partial charge in [0.1, 0.15) is 17.5 Å². The lowest BCUT2D eigenvalue weighted by Crippen LogP contribution is -2.44. The van der Waals surface area contributed by atoms with E-state index < -0.39 is 19.5 Å². The van der Waals surface area contributed by atoms with Gasteiger partial charge in [0.05, 0.1) is 55.2 Å². The lowest BCUT2D eigenvalue weighted by molar-refractivity contribution is 0.0985. The van der Waals surface area contributed by atoms with Gasteiger partial charge in [-0.15, -0.1) is 0 Å². The summed E-state index contributed by atoms with van der Waals surface area (Å²) in [6.45, 7) is 8.23. The summed E-state index contributed by atoms with van der Waals surface area (Å²) in [6.07, 6.45) is 12.4. The highest BCUT2D eigenvalue weighted by molar-refractivity contribution is 7.92. The number of imidazole rings is 1. The molecule has 0 bridgehead atoms. The van der Waals surface area contributed by atoms with Crippen LogP contribution in [-0.4, -0.2) is 120 Å². The molecule has 5 aliphatic rings. The third kappa shape index (κ3) is 11.1. The zero-order valence-corrected chi connectivity index (χ0v) is 38.0. The van der Waals surface area contributed by atoms with Gasteiger partial charge in [0, 0.05) is 87.8 Å². The van der Waals surface area contributed by atoms with Crippen molar-refractivity contribution in [3.8, 4) is 5.95 Å². The van der Waals surface area contributed by atoms with Gasteiger partial charge >= 0.3 is 0 Å². The van der Waals surface area contributed by atoms with Gasteiger partial charge in [0.25, 0.3) is 0 Å². The number of anilines is 2. The first-order valence-electron chi connectivity index (χ1n) is 20.8. The van der Waals surface area contributed by atoms with Gasteiger partial charge in [0.15, 0.2) is 11.6 Å². The van der Waals surface area contributed by atoms with E-state index in [1.807, 2.05) is 34.9 Å². The second-order valence-electron chi connectivity index (χ2n) is 16.8. The van der Waals surface area contributed by atoms with Crippen LogP contribution in [0.5, 0.6) is 0 Å². The number of aromatic nitrogens is 6. The number of aliphatic imine (C=N–C) groups is 1. The molecule has 324 valence electrons. The summed E-state index contributed by atoms with van der Waals surface area (Å²) in [7, 11) is -4.64. The number of halogens is 1. The van der Waals surface area contributed by atoms with Crippen molar-refractivity contribution >= 4 is 76.8 Å². The predicted octanol–water partition coefficient (Wildman–Crippen LogP) is 7.72. The highest BCUT2D eigenvalue weighted by Gasteiger charge is 2.32. The Morgan fingerprint density at radius 2 is 1.28 bits per heavy atom. The number of morpholine rings is 2. The average molecular weight is 889 g/mol. The highest BCUT2D eigenvalue weighted by atomic mass is 35.5. The SMILES string of the molecule is C[C@@H]1COCCN1c1cc(N=S(C)(C)=O)nc(-n2c(C3CC3)nc3ccccc32)n1.C[C@@H]1COCCN1c1cc(N=S(C)(C)=O)nc(Cl)n1.c1ccc2c(c1)CC(C1CC1)=N2. The Hall–Kier alpha value is -4.55. The Balaban J connectivity index is 0.000000140. The van der Waals surface area contributed by atoms with Gasteiger partial charge < -0.3 is 19.3 Å². The van der Waals surface area contributed by atoms with Crippen LogP contribution >= 0.6 is 11.6 Å². The summed E-state index contributed by atoms with van der Waals surface area (Å²) in [5.41, 5.74) is 5.96. The molecule has 0 spiro atoms. The van der Waals surface area contributed by atoms with Gasteiger partial charge in [-0.2, -0.15) is 23.7 Å². The van der Waals surface area contributed by atoms with Crippen LogP contribution in [0.1, 0.15) is 56.8 Å². The Morgan fingerprint density at radius 1 is 0.705 bits per heavy atom.